The first-order valence-electron chi connectivity index (χ1n) is 6.36. The molecular formula is C16H17NO3S. The molecule has 0 aromatic heterocycles. The molecule has 21 heavy (non-hydrogen) atoms. The average molecular weight is 303 g/mol. The first-order chi connectivity index (χ1) is 10.1. The number of methoxy groups -OCH3 is 1. The summed E-state index contributed by atoms with van der Waals surface area (Å²) in [6.07, 6.45) is 1.98. The zero-order chi connectivity index (χ0) is 15.4. The van der Waals surface area contributed by atoms with Crippen LogP contribution in [-0.2, 0) is 4.74 Å². The summed E-state index contributed by atoms with van der Waals surface area (Å²) in [6, 6.07) is 11.1. The van der Waals surface area contributed by atoms with E-state index in [1.165, 1.54) is 7.11 Å². The van der Waals surface area contributed by atoms with Crippen molar-refractivity contribution in [3.05, 3.63) is 47.5 Å². The largest absolute Gasteiger partial charge is 0.465 e. The van der Waals surface area contributed by atoms with E-state index in [-0.39, 0.29) is 0 Å². The Hall–Kier alpha value is -2.14. The normalized spacial score (nSPS) is 10.2. The second-order valence-corrected chi connectivity index (χ2v) is 5.29. The van der Waals surface area contributed by atoms with Crippen molar-refractivity contribution in [2.24, 2.45) is 0 Å². The average Bonchev–Trinajstić information content (AvgIpc) is 2.50. The van der Waals surface area contributed by atoms with Crippen LogP contribution >= 0.6 is 11.8 Å². The number of ether oxygens (including phenoxy) is 2. The van der Waals surface area contributed by atoms with Gasteiger partial charge in [-0.1, -0.05) is 12.1 Å². The van der Waals surface area contributed by atoms with Crippen LogP contribution in [0.25, 0.3) is 0 Å². The Bertz CT molecular complexity index is 671. The third-order valence-electron chi connectivity index (χ3n) is 3.06. The van der Waals surface area contributed by atoms with Gasteiger partial charge in [-0.15, -0.1) is 11.8 Å². The Morgan fingerprint density at radius 1 is 1.24 bits per heavy atom. The Balaban J connectivity index is 2.41. The smallest absolute Gasteiger partial charge is 0.340 e. The summed E-state index contributed by atoms with van der Waals surface area (Å²) < 4.78 is 10.6. The summed E-state index contributed by atoms with van der Waals surface area (Å²) in [4.78, 5) is 12.8. The molecule has 2 N–H and O–H groups in total. The molecule has 0 aliphatic rings. The molecule has 0 saturated carbocycles. The highest BCUT2D eigenvalue weighted by Crippen LogP contribution is 2.33. The molecule has 0 fully saturated rings. The molecule has 0 atom stereocenters. The van der Waals surface area contributed by atoms with Gasteiger partial charge in [0, 0.05) is 10.6 Å². The van der Waals surface area contributed by atoms with E-state index in [0.717, 1.165) is 16.2 Å². The van der Waals surface area contributed by atoms with Crippen molar-refractivity contribution < 1.29 is 14.3 Å². The van der Waals surface area contributed by atoms with E-state index in [1.807, 2.05) is 37.4 Å². The molecule has 0 saturated heterocycles. The molecule has 0 bridgehead atoms. The molecule has 0 spiro atoms. The third-order valence-corrected chi connectivity index (χ3v) is 3.84. The van der Waals surface area contributed by atoms with E-state index < -0.39 is 5.97 Å². The summed E-state index contributed by atoms with van der Waals surface area (Å²) in [5, 5.41) is 0. The van der Waals surface area contributed by atoms with Crippen molar-refractivity contribution in [3.8, 4) is 11.5 Å². The van der Waals surface area contributed by atoms with E-state index in [9.17, 15) is 4.79 Å². The molecule has 4 nitrogen and oxygen atoms in total. The maximum absolute atomic E-state index is 11.8. The van der Waals surface area contributed by atoms with Crippen molar-refractivity contribution in [2.75, 3.05) is 19.1 Å². The number of hydrogen-bond donors (Lipinski definition) is 1. The zero-order valence-corrected chi connectivity index (χ0v) is 13.0. The molecule has 0 heterocycles. The van der Waals surface area contributed by atoms with Gasteiger partial charge < -0.3 is 15.2 Å². The predicted octanol–water partition coefficient (Wildman–Crippen LogP) is 3.88. The summed E-state index contributed by atoms with van der Waals surface area (Å²) in [7, 11) is 1.33. The van der Waals surface area contributed by atoms with Gasteiger partial charge in [-0.3, -0.25) is 0 Å². The minimum absolute atomic E-state index is 0.314. The standard InChI is InChI=1S/C16H17NO3S/c1-10-8-11(9-12(15(10)17)16(18)19-2)20-13-6-4-5-7-14(13)21-3/h4-9H,17H2,1-3H3. The van der Waals surface area contributed by atoms with Gasteiger partial charge in [0.05, 0.1) is 12.7 Å². The SMILES string of the molecule is COC(=O)c1cc(Oc2ccccc2SC)cc(C)c1N. The summed E-state index contributed by atoms with van der Waals surface area (Å²) in [5.41, 5.74) is 7.41. The van der Waals surface area contributed by atoms with E-state index in [4.69, 9.17) is 15.2 Å². The first-order valence-corrected chi connectivity index (χ1v) is 7.58. The fourth-order valence-corrected chi connectivity index (χ4v) is 2.46. The number of rotatable bonds is 4. The molecule has 0 radical (unpaired) electrons. The van der Waals surface area contributed by atoms with Gasteiger partial charge in [0.2, 0.25) is 0 Å². The fourth-order valence-electron chi connectivity index (χ4n) is 1.93. The van der Waals surface area contributed by atoms with Crippen molar-refractivity contribution in [1.82, 2.24) is 0 Å². The number of benzene rings is 2. The highest BCUT2D eigenvalue weighted by Gasteiger charge is 2.15. The number of carbonyl (C=O) groups excluding carboxylic acids is 1. The minimum Gasteiger partial charge on any atom is -0.465 e. The maximum Gasteiger partial charge on any atom is 0.340 e. The fraction of sp³-hybridized carbons (Fsp3) is 0.188. The number of hydrogen-bond acceptors (Lipinski definition) is 5. The highest BCUT2D eigenvalue weighted by atomic mass is 32.2. The van der Waals surface area contributed by atoms with Gasteiger partial charge in [-0.2, -0.15) is 0 Å². The first kappa shape index (κ1) is 15.3. The maximum atomic E-state index is 11.8. The number of para-hydroxylation sites is 1. The monoisotopic (exact) mass is 303 g/mol. The van der Waals surface area contributed by atoms with Crippen molar-refractivity contribution >= 4 is 23.4 Å². The molecule has 5 heteroatoms. The van der Waals surface area contributed by atoms with E-state index in [0.29, 0.717) is 17.0 Å². The molecule has 0 aliphatic heterocycles. The lowest BCUT2D eigenvalue weighted by Gasteiger charge is -2.13. The second-order valence-electron chi connectivity index (χ2n) is 4.45. The number of esters is 1. The number of thioether (sulfide) groups is 1. The van der Waals surface area contributed by atoms with Gasteiger partial charge >= 0.3 is 5.97 Å². The van der Waals surface area contributed by atoms with Gasteiger partial charge in [0.25, 0.3) is 0 Å². The van der Waals surface area contributed by atoms with Crippen LogP contribution in [0.1, 0.15) is 15.9 Å². The van der Waals surface area contributed by atoms with Crippen LogP contribution < -0.4 is 10.5 Å². The molecule has 0 amide bonds. The van der Waals surface area contributed by atoms with Crippen LogP contribution in [0.4, 0.5) is 5.69 Å². The predicted molar refractivity (Wildman–Crippen MR) is 85.2 cm³/mol. The van der Waals surface area contributed by atoms with Gasteiger partial charge in [-0.05, 0) is 43.0 Å². The molecular weight excluding hydrogens is 286 g/mol. The van der Waals surface area contributed by atoms with Gasteiger partial charge in [-0.25, -0.2) is 4.79 Å². The number of carbonyl (C=O) groups is 1. The number of anilines is 1. The second kappa shape index (κ2) is 6.54. The van der Waals surface area contributed by atoms with Crippen molar-refractivity contribution in [1.29, 1.82) is 0 Å². The molecule has 2 aromatic rings. The summed E-state index contributed by atoms with van der Waals surface area (Å²) in [6.45, 7) is 1.83. The zero-order valence-electron chi connectivity index (χ0n) is 12.2. The Kier molecular flexibility index (Phi) is 4.75. The molecule has 2 aromatic carbocycles. The number of nitrogen functional groups attached to an aromatic ring is 1. The molecule has 0 unspecified atom stereocenters. The minimum atomic E-state index is -0.473. The topological polar surface area (TPSA) is 61.5 Å². The Morgan fingerprint density at radius 2 is 1.95 bits per heavy atom. The van der Waals surface area contributed by atoms with Crippen LogP contribution in [0.5, 0.6) is 11.5 Å². The molecule has 110 valence electrons. The van der Waals surface area contributed by atoms with Crippen LogP contribution in [0.2, 0.25) is 0 Å². The third kappa shape index (κ3) is 3.31. The van der Waals surface area contributed by atoms with Crippen LogP contribution in [0, 0.1) is 6.92 Å². The van der Waals surface area contributed by atoms with Crippen LogP contribution in [-0.4, -0.2) is 19.3 Å². The van der Waals surface area contributed by atoms with Crippen molar-refractivity contribution in [2.45, 2.75) is 11.8 Å². The Morgan fingerprint density at radius 3 is 2.62 bits per heavy atom. The lowest BCUT2D eigenvalue weighted by molar-refractivity contribution is 0.0601. The van der Waals surface area contributed by atoms with Gasteiger partial charge in [0.15, 0.2) is 0 Å². The quantitative estimate of drug-likeness (QED) is 0.527. The number of nitrogens with two attached hydrogens (primary N) is 1. The van der Waals surface area contributed by atoms with E-state index in [1.54, 1.807) is 23.9 Å². The lowest BCUT2D eigenvalue weighted by atomic mass is 10.1. The molecule has 0 aliphatic carbocycles. The lowest BCUT2D eigenvalue weighted by Crippen LogP contribution is -2.07. The van der Waals surface area contributed by atoms with E-state index >= 15 is 0 Å². The Labute approximate surface area is 128 Å². The highest BCUT2D eigenvalue weighted by molar-refractivity contribution is 7.98. The van der Waals surface area contributed by atoms with E-state index in [2.05, 4.69) is 0 Å². The van der Waals surface area contributed by atoms with Crippen LogP contribution in [0.3, 0.4) is 0 Å². The summed E-state index contributed by atoms with van der Waals surface area (Å²) >= 11 is 1.60. The van der Waals surface area contributed by atoms with Gasteiger partial charge in [0.1, 0.15) is 11.5 Å². The van der Waals surface area contributed by atoms with Crippen LogP contribution in [0.15, 0.2) is 41.3 Å². The molecule has 2 rings (SSSR count). The number of aryl methyl sites for hydroxylation is 1. The van der Waals surface area contributed by atoms with Crippen molar-refractivity contribution in [3.63, 3.8) is 0 Å². The summed E-state index contributed by atoms with van der Waals surface area (Å²) in [5.74, 6) is 0.827.